The van der Waals surface area contributed by atoms with Crippen LogP contribution in [0.3, 0.4) is 0 Å². The third-order valence-corrected chi connectivity index (χ3v) is 4.32. The zero-order valence-electron chi connectivity index (χ0n) is 12.4. The molecule has 0 saturated heterocycles. The van der Waals surface area contributed by atoms with E-state index in [2.05, 4.69) is 12.2 Å². The van der Waals surface area contributed by atoms with Gasteiger partial charge in [-0.2, -0.15) is 0 Å². The Balaban J connectivity index is 1.71. The number of aromatic carboxylic acids is 1. The highest BCUT2D eigenvalue weighted by molar-refractivity contribution is 5.84. The van der Waals surface area contributed by atoms with Gasteiger partial charge in [-0.1, -0.05) is 26.2 Å². The van der Waals surface area contributed by atoms with E-state index in [1.54, 1.807) is 6.07 Å². The predicted octanol–water partition coefficient (Wildman–Crippen LogP) is 3.59. The average Bonchev–Trinajstić information content (AvgIpc) is 2.77. The van der Waals surface area contributed by atoms with Gasteiger partial charge in [0.1, 0.15) is 5.76 Å². The third-order valence-electron chi connectivity index (χ3n) is 4.32. The van der Waals surface area contributed by atoms with E-state index in [4.69, 9.17) is 9.52 Å². The summed E-state index contributed by atoms with van der Waals surface area (Å²) in [5, 5.41) is 12.3. The van der Waals surface area contributed by atoms with Crippen LogP contribution >= 0.6 is 0 Å². The molecule has 1 fully saturated rings. The molecule has 0 bridgehead atoms. The molecule has 0 radical (unpaired) electrons. The Bertz CT molecular complexity index is 453. The number of nitrogens with one attached hydrogen (secondary N) is 1. The van der Waals surface area contributed by atoms with Gasteiger partial charge >= 0.3 is 5.97 Å². The molecule has 4 heteroatoms. The molecule has 0 aliphatic heterocycles. The summed E-state index contributed by atoms with van der Waals surface area (Å²) >= 11 is 0. The first-order valence-corrected chi connectivity index (χ1v) is 7.59. The lowest BCUT2D eigenvalue weighted by molar-refractivity contribution is 0.0661. The SMILES string of the molecule is Cc1oc(C(=O)O)cc1CNCCC1CCCC(C)C1. The highest BCUT2D eigenvalue weighted by atomic mass is 16.4. The highest BCUT2D eigenvalue weighted by Crippen LogP contribution is 2.30. The second-order valence-corrected chi connectivity index (χ2v) is 6.10. The third kappa shape index (κ3) is 4.10. The van der Waals surface area contributed by atoms with Crippen LogP contribution < -0.4 is 5.32 Å². The van der Waals surface area contributed by atoms with Crippen LogP contribution in [0.25, 0.3) is 0 Å². The summed E-state index contributed by atoms with van der Waals surface area (Å²) < 4.78 is 5.20. The number of hydrogen-bond donors (Lipinski definition) is 2. The normalized spacial score (nSPS) is 22.9. The Hall–Kier alpha value is -1.29. The molecule has 2 atom stereocenters. The van der Waals surface area contributed by atoms with Gasteiger partial charge in [-0.15, -0.1) is 0 Å². The number of furan rings is 1. The van der Waals surface area contributed by atoms with Crippen LogP contribution in [0.1, 0.15) is 60.9 Å². The van der Waals surface area contributed by atoms with E-state index < -0.39 is 5.97 Å². The Labute approximate surface area is 120 Å². The Morgan fingerprint density at radius 3 is 2.95 bits per heavy atom. The van der Waals surface area contributed by atoms with Gasteiger partial charge < -0.3 is 14.8 Å². The van der Waals surface area contributed by atoms with Gasteiger partial charge in [0.25, 0.3) is 0 Å². The summed E-state index contributed by atoms with van der Waals surface area (Å²) in [5.41, 5.74) is 0.944. The van der Waals surface area contributed by atoms with E-state index >= 15 is 0 Å². The van der Waals surface area contributed by atoms with Crippen molar-refractivity contribution in [2.24, 2.45) is 11.8 Å². The quantitative estimate of drug-likeness (QED) is 0.781. The maximum atomic E-state index is 10.8. The minimum atomic E-state index is -1.00. The highest BCUT2D eigenvalue weighted by Gasteiger charge is 2.18. The minimum Gasteiger partial charge on any atom is -0.475 e. The molecule has 1 saturated carbocycles. The summed E-state index contributed by atoms with van der Waals surface area (Å²) in [7, 11) is 0. The van der Waals surface area contributed by atoms with Crippen molar-refractivity contribution in [3.05, 3.63) is 23.2 Å². The van der Waals surface area contributed by atoms with Crippen molar-refractivity contribution in [2.45, 2.75) is 52.5 Å². The summed E-state index contributed by atoms with van der Waals surface area (Å²) in [5.74, 6) is 1.45. The number of carbonyl (C=O) groups is 1. The standard InChI is InChI=1S/C16H25NO3/c1-11-4-3-5-13(8-11)6-7-17-10-14-9-15(16(18)19)20-12(14)2/h9,11,13,17H,3-8,10H2,1-2H3,(H,18,19). The largest absolute Gasteiger partial charge is 0.475 e. The lowest BCUT2D eigenvalue weighted by Crippen LogP contribution is -2.21. The van der Waals surface area contributed by atoms with Gasteiger partial charge in [-0.25, -0.2) is 4.79 Å². The fraction of sp³-hybridized carbons (Fsp3) is 0.688. The maximum Gasteiger partial charge on any atom is 0.371 e. The van der Waals surface area contributed by atoms with Gasteiger partial charge in [0.05, 0.1) is 0 Å². The minimum absolute atomic E-state index is 0.0282. The molecule has 1 aliphatic carbocycles. The average molecular weight is 279 g/mol. The second kappa shape index (κ2) is 6.93. The lowest BCUT2D eigenvalue weighted by atomic mass is 9.81. The molecule has 1 aromatic rings. The Morgan fingerprint density at radius 2 is 2.30 bits per heavy atom. The van der Waals surface area contributed by atoms with E-state index in [-0.39, 0.29) is 5.76 Å². The zero-order chi connectivity index (χ0) is 14.5. The van der Waals surface area contributed by atoms with Gasteiger partial charge in [0.2, 0.25) is 5.76 Å². The Morgan fingerprint density at radius 1 is 1.50 bits per heavy atom. The molecule has 2 N–H and O–H groups in total. The molecule has 1 aliphatic rings. The van der Waals surface area contributed by atoms with Crippen molar-refractivity contribution >= 4 is 5.97 Å². The monoisotopic (exact) mass is 279 g/mol. The van der Waals surface area contributed by atoms with Crippen LogP contribution in [0, 0.1) is 18.8 Å². The van der Waals surface area contributed by atoms with E-state index in [1.165, 1.54) is 32.1 Å². The van der Waals surface area contributed by atoms with Crippen LogP contribution in [0.2, 0.25) is 0 Å². The molecule has 112 valence electrons. The maximum absolute atomic E-state index is 10.8. The fourth-order valence-corrected chi connectivity index (χ4v) is 3.15. The molecular weight excluding hydrogens is 254 g/mol. The zero-order valence-corrected chi connectivity index (χ0v) is 12.4. The van der Waals surface area contributed by atoms with Crippen LogP contribution in [0.15, 0.2) is 10.5 Å². The van der Waals surface area contributed by atoms with Gasteiger partial charge in [-0.05, 0) is 44.2 Å². The summed E-state index contributed by atoms with van der Waals surface area (Å²) in [4.78, 5) is 10.8. The van der Waals surface area contributed by atoms with E-state index in [0.29, 0.717) is 12.3 Å². The molecule has 0 spiro atoms. The first-order chi connectivity index (χ1) is 9.56. The van der Waals surface area contributed by atoms with Crippen LogP contribution in [-0.4, -0.2) is 17.6 Å². The van der Waals surface area contributed by atoms with Crippen molar-refractivity contribution in [3.8, 4) is 0 Å². The second-order valence-electron chi connectivity index (χ2n) is 6.10. The van der Waals surface area contributed by atoms with Crippen LogP contribution in [-0.2, 0) is 6.54 Å². The number of hydrogen-bond acceptors (Lipinski definition) is 3. The lowest BCUT2D eigenvalue weighted by Gasteiger charge is -2.26. The van der Waals surface area contributed by atoms with Crippen molar-refractivity contribution in [2.75, 3.05) is 6.54 Å². The van der Waals surface area contributed by atoms with Crippen molar-refractivity contribution < 1.29 is 14.3 Å². The molecule has 0 amide bonds. The molecule has 1 heterocycles. The molecule has 2 rings (SSSR count). The van der Waals surface area contributed by atoms with Gasteiger partial charge in [0.15, 0.2) is 0 Å². The van der Waals surface area contributed by atoms with Gasteiger partial charge in [0, 0.05) is 12.1 Å². The molecule has 20 heavy (non-hydrogen) atoms. The van der Waals surface area contributed by atoms with Gasteiger partial charge in [-0.3, -0.25) is 0 Å². The van der Waals surface area contributed by atoms with Crippen molar-refractivity contribution in [1.29, 1.82) is 0 Å². The molecule has 1 aromatic heterocycles. The van der Waals surface area contributed by atoms with Crippen molar-refractivity contribution in [1.82, 2.24) is 5.32 Å². The topological polar surface area (TPSA) is 62.5 Å². The van der Waals surface area contributed by atoms with Crippen molar-refractivity contribution in [3.63, 3.8) is 0 Å². The predicted molar refractivity (Wildman–Crippen MR) is 77.9 cm³/mol. The van der Waals surface area contributed by atoms with E-state index in [9.17, 15) is 4.79 Å². The summed E-state index contributed by atoms with van der Waals surface area (Å²) in [6.07, 6.45) is 6.69. The number of rotatable bonds is 6. The number of aryl methyl sites for hydroxylation is 1. The summed E-state index contributed by atoms with van der Waals surface area (Å²) in [6.45, 7) is 5.84. The molecular formula is C16H25NO3. The first-order valence-electron chi connectivity index (χ1n) is 7.59. The smallest absolute Gasteiger partial charge is 0.371 e. The molecule has 4 nitrogen and oxygen atoms in total. The summed E-state index contributed by atoms with van der Waals surface area (Å²) in [6, 6.07) is 1.62. The van der Waals surface area contributed by atoms with E-state index in [1.807, 2.05) is 6.92 Å². The Kier molecular flexibility index (Phi) is 5.24. The number of carboxylic acid groups (broad SMARTS) is 1. The molecule has 2 unspecified atom stereocenters. The van der Waals surface area contributed by atoms with Crippen LogP contribution in [0.4, 0.5) is 0 Å². The number of carboxylic acids is 1. The first kappa shape index (κ1) is 15.1. The molecule has 0 aromatic carbocycles. The van der Waals surface area contributed by atoms with Crippen LogP contribution in [0.5, 0.6) is 0 Å². The van der Waals surface area contributed by atoms with E-state index in [0.717, 1.165) is 23.9 Å². The fourth-order valence-electron chi connectivity index (χ4n) is 3.15.